The van der Waals surface area contributed by atoms with Crippen LogP contribution in [-0.2, 0) is 9.53 Å². The fourth-order valence-electron chi connectivity index (χ4n) is 11.0. The van der Waals surface area contributed by atoms with Crippen LogP contribution in [0.1, 0.15) is 86.0 Å². The van der Waals surface area contributed by atoms with Gasteiger partial charge in [0.05, 0.1) is 12.2 Å². The molecule has 1 saturated heterocycles. The first-order valence-electron chi connectivity index (χ1n) is 12.9. The smallest absolute Gasteiger partial charge is 0.339 e. The molecule has 0 amide bonds. The summed E-state index contributed by atoms with van der Waals surface area (Å²) in [5, 5.41) is 32.3. The second kappa shape index (κ2) is 6.12. The van der Waals surface area contributed by atoms with Gasteiger partial charge in [-0.15, -0.1) is 0 Å². The lowest BCUT2D eigenvalue weighted by Crippen LogP contribution is -2.59. The van der Waals surface area contributed by atoms with E-state index in [4.69, 9.17) is 4.74 Å². The summed E-state index contributed by atoms with van der Waals surface area (Å²) in [6.07, 6.45) is 7.98. The van der Waals surface area contributed by atoms with Crippen LogP contribution in [0.5, 0.6) is 0 Å². The SMILES string of the molecule is C[C@@H]1C[C](C(=O)O)O[C]2C1[C@@]1(C)CCC34C[C@@]35CCC(O)C(C)(C)[C@@H]5CC[C@H]4[C@]1(C)[C@H]2O. The Bertz CT molecular complexity index is 855. The van der Waals surface area contributed by atoms with E-state index in [-0.39, 0.29) is 45.7 Å². The van der Waals surface area contributed by atoms with Crippen molar-refractivity contribution in [3.63, 3.8) is 0 Å². The number of carbonyl (C=O) groups is 1. The summed E-state index contributed by atoms with van der Waals surface area (Å²) in [7, 11) is 0. The van der Waals surface area contributed by atoms with Gasteiger partial charge in [0.15, 0.2) is 0 Å². The average Bonchev–Trinajstić information content (AvgIpc) is 3.36. The van der Waals surface area contributed by atoms with Gasteiger partial charge >= 0.3 is 5.97 Å². The lowest BCUT2D eigenvalue weighted by molar-refractivity contribution is -0.181. The zero-order chi connectivity index (χ0) is 23.1. The zero-order valence-electron chi connectivity index (χ0n) is 20.3. The summed E-state index contributed by atoms with van der Waals surface area (Å²) in [5.74, 6) is 0.252. The number of aliphatic hydroxyl groups is 2. The quantitative estimate of drug-likeness (QED) is 0.551. The molecular weight excluding hydrogens is 404 g/mol. The van der Waals surface area contributed by atoms with Crippen molar-refractivity contribution in [3.05, 3.63) is 12.2 Å². The van der Waals surface area contributed by atoms with Crippen LogP contribution in [-0.4, -0.2) is 33.5 Å². The fraction of sp³-hybridized carbons (Fsp3) is 0.889. The van der Waals surface area contributed by atoms with Gasteiger partial charge in [-0.3, -0.25) is 0 Å². The molecule has 32 heavy (non-hydrogen) atoms. The molecule has 5 saturated carbocycles. The van der Waals surface area contributed by atoms with Gasteiger partial charge in [-0.1, -0.05) is 34.6 Å². The van der Waals surface area contributed by atoms with Crippen molar-refractivity contribution in [1.82, 2.24) is 0 Å². The molecule has 3 unspecified atom stereocenters. The van der Waals surface area contributed by atoms with Gasteiger partial charge in [0.1, 0.15) is 6.10 Å². The number of rotatable bonds is 1. The largest absolute Gasteiger partial charge is 0.479 e. The molecule has 6 aliphatic rings. The number of hydrogen-bond acceptors (Lipinski definition) is 4. The van der Waals surface area contributed by atoms with E-state index < -0.39 is 12.1 Å². The minimum absolute atomic E-state index is 0.0472. The molecule has 5 heteroatoms. The molecule has 0 aromatic heterocycles. The summed E-state index contributed by atoms with van der Waals surface area (Å²) in [4.78, 5) is 11.7. The van der Waals surface area contributed by atoms with Gasteiger partial charge in [-0.2, -0.15) is 0 Å². The van der Waals surface area contributed by atoms with E-state index in [0.717, 1.165) is 32.1 Å². The van der Waals surface area contributed by atoms with Crippen molar-refractivity contribution >= 4 is 5.97 Å². The van der Waals surface area contributed by atoms with Gasteiger partial charge in [0.2, 0.25) is 6.10 Å². The van der Waals surface area contributed by atoms with E-state index >= 15 is 0 Å². The molecule has 2 radical (unpaired) electrons. The van der Waals surface area contributed by atoms with Crippen molar-refractivity contribution in [3.8, 4) is 0 Å². The van der Waals surface area contributed by atoms with Crippen LogP contribution in [0.25, 0.3) is 0 Å². The zero-order valence-corrected chi connectivity index (χ0v) is 20.3. The number of carboxylic acid groups (broad SMARTS) is 1. The van der Waals surface area contributed by atoms with Crippen molar-refractivity contribution < 1.29 is 24.9 Å². The molecule has 0 aromatic carbocycles. The molecule has 2 spiro atoms. The highest BCUT2D eigenvalue weighted by Crippen LogP contribution is 2.89. The Balaban J connectivity index is 1.40. The highest BCUT2D eigenvalue weighted by Gasteiger charge is 2.84. The molecule has 1 aliphatic heterocycles. The number of carboxylic acids is 1. The molecule has 6 fully saturated rings. The topological polar surface area (TPSA) is 87.0 Å². The molecule has 5 nitrogen and oxygen atoms in total. The number of ether oxygens (including phenoxy) is 1. The van der Waals surface area contributed by atoms with Gasteiger partial charge < -0.3 is 20.1 Å². The Morgan fingerprint density at radius 1 is 0.969 bits per heavy atom. The van der Waals surface area contributed by atoms with E-state index in [1.165, 1.54) is 12.8 Å². The monoisotopic (exact) mass is 444 g/mol. The number of hydrogen-bond donors (Lipinski definition) is 3. The summed E-state index contributed by atoms with van der Waals surface area (Å²) in [6, 6.07) is 0. The molecule has 0 aromatic rings. The molecule has 1 heterocycles. The van der Waals surface area contributed by atoms with E-state index in [2.05, 4.69) is 34.6 Å². The van der Waals surface area contributed by atoms with Crippen LogP contribution >= 0.6 is 0 Å². The maximum Gasteiger partial charge on any atom is 0.339 e. The second-order valence-electron chi connectivity index (χ2n) is 13.5. The van der Waals surface area contributed by atoms with Crippen molar-refractivity contribution in [1.29, 1.82) is 0 Å². The van der Waals surface area contributed by atoms with Crippen LogP contribution < -0.4 is 0 Å². The predicted octanol–water partition coefficient (Wildman–Crippen LogP) is 4.57. The van der Waals surface area contributed by atoms with Crippen molar-refractivity contribution in [2.24, 2.45) is 50.7 Å². The van der Waals surface area contributed by atoms with E-state index in [1.807, 2.05) is 0 Å². The maximum absolute atomic E-state index is 11.9. The third kappa shape index (κ3) is 2.13. The highest BCUT2D eigenvalue weighted by atomic mass is 16.5. The Kier molecular flexibility index (Phi) is 4.18. The summed E-state index contributed by atoms with van der Waals surface area (Å²) < 4.78 is 6.01. The molecule has 0 bridgehead atoms. The highest BCUT2D eigenvalue weighted by molar-refractivity contribution is 5.81. The molecule has 6 rings (SSSR count). The third-order valence-electron chi connectivity index (χ3n) is 12.6. The van der Waals surface area contributed by atoms with Crippen molar-refractivity contribution in [2.75, 3.05) is 0 Å². The number of aliphatic hydroxyl groups excluding tert-OH is 2. The first-order chi connectivity index (χ1) is 14.9. The Morgan fingerprint density at radius 2 is 1.62 bits per heavy atom. The number of fused-ring (bicyclic) bond motifs is 4. The minimum Gasteiger partial charge on any atom is -0.479 e. The van der Waals surface area contributed by atoms with E-state index in [9.17, 15) is 20.1 Å². The molecule has 3 N–H and O–H groups in total. The third-order valence-corrected chi connectivity index (χ3v) is 12.6. The maximum atomic E-state index is 11.9. The molecular formula is C27H40O5. The van der Waals surface area contributed by atoms with Gasteiger partial charge in [0, 0.05) is 11.3 Å². The summed E-state index contributed by atoms with van der Waals surface area (Å²) in [6.45, 7) is 11.4. The van der Waals surface area contributed by atoms with Crippen LogP contribution in [0, 0.1) is 63.0 Å². The van der Waals surface area contributed by atoms with Crippen LogP contribution in [0.3, 0.4) is 0 Å². The predicted molar refractivity (Wildman–Crippen MR) is 119 cm³/mol. The lowest BCUT2D eigenvalue weighted by atomic mass is 9.41. The second-order valence-corrected chi connectivity index (χ2v) is 13.5. The number of aliphatic carboxylic acids is 1. The molecule has 5 aliphatic carbocycles. The summed E-state index contributed by atoms with van der Waals surface area (Å²) >= 11 is 0. The fourth-order valence-corrected chi connectivity index (χ4v) is 11.0. The van der Waals surface area contributed by atoms with Crippen LogP contribution in [0.2, 0.25) is 0 Å². The van der Waals surface area contributed by atoms with Crippen LogP contribution in [0.4, 0.5) is 0 Å². The standard InChI is InChI=1S/C27H40O5/c1-14-12-15(22(30)31)32-20-19(14)24(4)10-11-27-13-26(27)9-8-18(28)23(2,3)16(26)6-7-17(27)25(24,5)21(20)29/h14,16-19,21,28-29H,6-13H2,1-5H3,(H,30,31)/t14-,16+,17+,18?,19?,21+,24-,25-,26-,27?/m1/s1. The normalized spacial score (nSPS) is 58.7. The molecule has 178 valence electrons. The van der Waals surface area contributed by atoms with E-state index in [1.54, 1.807) is 0 Å². The first kappa shape index (κ1) is 21.9. The molecule has 10 atom stereocenters. The first-order valence-corrected chi connectivity index (χ1v) is 12.9. The van der Waals surface area contributed by atoms with Gasteiger partial charge in [-0.25, -0.2) is 4.79 Å². The van der Waals surface area contributed by atoms with E-state index in [0.29, 0.717) is 29.8 Å². The van der Waals surface area contributed by atoms with Gasteiger partial charge in [0.25, 0.3) is 0 Å². The van der Waals surface area contributed by atoms with Crippen molar-refractivity contribution in [2.45, 2.75) is 98.2 Å². The average molecular weight is 445 g/mol. The Morgan fingerprint density at radius 3 is 2.31 bits per heavy atom. The Labute approximate surface area is 192 Å². The Hall–Kier alpha value is -0.650. The lowest BCUT2D eigenvalue weighted by Gasteiger charge is -2.63. The minimum atomic E-state index is -0.999. The van der Waals surface area contributed by atoms with Gasteiger partial charge in [-0.05, 0) is 90.8 Å². The summed E-state index contributed by atoms with van der Waals surface area (Å²) in [5.41, 5.74) is 0.142. The van der Waals surface area contributed by atoms with Crippen LogP contribution in [0.15, 0.2) is 0 Å².